The number of aliphatic hydroxyl groups excluding tert-OH is 2. The highest BCUT2D eigenvalue weighted by atomic mass is 16.3. The van der Waals surface area contributed by atoms with Gasteiger partial charge in [0, 0.05) is 18.8 Å². The third-order valence-corrected chi connectivity index (χ3v) is 9.86. The van der Waals surface area contributed by atoms with Crippen LogP contribution in [0, 0.1) is 0 Å². The van der Waals surface area contributed by atoms with E-state index in [4.69, 9.17) is 0 Å². The molecule has 0 fully saturated rings. The summed E-state index contributed by atoms with van der Waals surface area (Å²) in [5, 5.41) is 31.5. The maximum Gasteiger partial charge on any atom is 0.115 e. The van der Waals surface area contributed by atoms with Gasteiger partial charge in [0.15, 0.2) is 0 Å². The fourth-order valence-electron chi connectivity index (χ4n) is 6.79. The van der Waals surface area contributed by atoms with Gasteiger partial charge in [-0.25, -0.2) is 0 Å². The molecular formula is C42H79NO3. The van der Waals surface area contributed by atoms with Crippen molar-refractivity contribution in [3.8, 4) is 5.75 Å². The van der Waals surface area contributed by atoms with Crippen molar-refractivity contribution in [1.29, 1.82) is 0 Å². The molecule has 0 saturated carbocycles. The van der Waals surface area contributed by atoms with Crippen LogP contribution in [0.1, 0.15) is 206 Å². The molecule has 2 unspecified atom stereocenters. The number of hydrogen-bond acceptors (Lipinski definition) is 4. The predicted molar refractivity (Wildman–Crippen MR) is 202 cm³/mol. The number of hydrogen-bond donors (Lipinski definition) is 3. The Kier molecular flexibility index (Phi) is 30.0. The van der Waals surface area contributed by atoms with E-state index in [0.29, 0.717) is 13.1 Å². The van der Waals surface area contributed by atoms with Crippen LogP contribution in [0.15, 0.2) is 24.3 Å². The monoisotopic (exact) mass is 646 g/mol. The van der Waals surface area contributed by atoms with E-state index in [-0.39, 0.29) is 5.75 Å². The summed E-state index contributed by atoms with van der Waals surface area (Å²) in [6.45, 7) is 5.62. The molecule has 46 heavy (non-hydrogen) atoms. The van der Waals surface area contributed by atoms with Crippen LogP contribution in [0.4, 0.5) is 5.69 Å². The SMILES string of the molecule is CCCCCCCCCCCCCCCCC(O)CN(CC(O)CCCCCCCCCCCCCCCC)c1ccc(O)cc1. The van der Waals surface area contributed by atoms with Crippen molar-refractivity contribution < 1.29 is 15.3 Å². The summed E-state index contributed by atoms with van der Waals surface area (Å²) in [5.74, 6) is 0.245. The minimum Gasteiger partial charge on any atom is -0.508 e. The summed E-state index contributed by atoms with van der Waals surface area (Å²) in [5.41, 5.74) is 0.956. The Labute approximate surface area is 287 Å². The summed E-state index contributed by atoms with van der Waals surface area (Å²) >= 11 is 0. The van der Waals surface area contributed by atoms with E-state index in [2.05, 4.69) is 18.7 Å². The Morgan fingerprint density at radius 1 is 0.413 bits per heavy atom. The maximum atomic E-state index is 10.9. The molecule has 0 bridgehead atoms. The van der Waals surface area contributed by atoms with Gasteiger partial charge in [0.25, 0.3) is 0 Å². The van der Waals surface area contributed by atoms with Crippen LogP contribution in [0.25, 0.3) is 0 Å². The third-order valence-electron chi connectivity index (χ3n) is 9.86. The molecule has 3 N–H and O–H groups in total. The van der Waals surface area contributed by atoms with E-state index in [1.54, 1.807) is 12.1 Å². The van der Waals surface area contributed by atoms with Crippen LogP contribution in [-0.4, -0.2) is 40.6 Å². The molecule has 0 aliphatic carbocycles. The van der Waals surface area contributed by atoms with E-state index in [1.807, 2.05) is 12.1 Å². The zero-order valence-corrected chi connectivity index (χ0v) is 30.9. The van der Waals surface area contributed by atoms with Gasteiger partial charge in [-0.15, -0.1) is 0 Å². The molecule has 1 aromatic rings. The number of nitrogens with zero attached hydrogens (tertiary/aromatic N) is 1. The number of benzene rings is 1. The molecule has 0 radical (unpaired) electrons. The van der Waals surface area contributed by atoms with Gasteiger partial charge in [-0.05, 0) is 37.1 Å². The van der Waals surface area contributed by atoms with Crippen molar-refractivity contribution in [3.63, 3.8) is 0 Å². The maximum absolute atomic E-state index is 10.9. The van der Waals surface area contributed by atoms with Gasteiger partial charge in [-0.3, -0.25) is 0 Å². The molecule has 0 heterocycles. The lowest BCUT2D eigenvalue weighted by Gasteiger charge is -2.29. The van der Waals surface area contributed by atoms with Crippen LogP contribution < -0.4 is 4.90 Å². The average Bonchev–Trinajstić information content (AvgIpc) is 3.05. The second-order valence-electron chi connectivity index (χ2n) is 14.5. The Balaban J connectivity index is 2.15. The molecule has 1 aromatic carbocycles. The van der Waals surface area contributed by atoms with Gasteiger partial charge in [-0.1, -0.05) is 194 Å². The van der Waals surface area contributed by atoms with Gasteiger partial charge in [0.1, 0.15) is 5.75 Å². The van der Waals surface area contributed by atoms with E-state index >= 15 is 0 Å². The van der Waals surface area contributed by atoms with Gasteiger partial charge in [0.2, 0.25) is 0 Å². The quantitative estimate of drug-likeness (QED) is 0.0643. The highest BCUT2D eigenvalue weighted by molar-refractivity contribution is 5.49. The number of phenolic OH excluding ortho intramolecular Hbond substituents is 1. The highest BCUT2D eigenvalue weighted by Gasteiger charge is 2.17. The minimum atomic E-state index is -0.403. The second-order valence-corrected chi connectivity index (χ2v) is 14.5. The van der Waals surface area contributed by atoms with E-state index < -0.39 is 12.2 Å². The van der Waals surface area contributed by atoms with Gasteiger partial charge in [-0.2, -0.15) is 0 Å². The van der Waals surface area contributed by atoms with E-state index in [0.717, 1.165) is 31.4 Å². The Hall–Kier alpha value is -1.26. The lowest BCUT2D eigenvalue weighted by molar-refractivity contribution is 0.145. The number of aliphatic hydroxyl groups is 2. The first-order chi connectivity index (χ1) is 22.6. The fraction of sp³-hybridized carbons (Fsp3) is 0.857. The lowest BCUT2D eigenvalue weighted by atomic mass is 10.0. The Morgan fingerprint density at radius 2 is 0.674 bits per heavy atom. The zero-order chi connectivity index (χ0) is 33.3. The van der Waals surface area contributed by atoms with Crippen LogP contribution in [0.5, 0.6) is 5.75 Å². The molecule has 0 aromatic heterocycles. The molecule has 0 saturated heterocycles. The van der Waals surface area contributed by atoms with Crippen LogP contribution in [-0.2, 0) is 0 Å². The van der Waals surface area contributed by atoms with Crippen LogP contribution in [0.2, 0.25) is 0 Å². The molecule has 4 nitrogen and oxygen atoms in total. The molecule has 0 aliphatic rings. The van der Waals surface area contributed by atoms with Gasteiger partial charge < -0.3 is 20.2 Å². The normalized spacial score (nSPS) is 12.9. The topological polar surface area (TPSA) is 63.9 Å². The summed E-state index contributed by atoms with van der Waals surface area (Å²) in [6, 6.07) is 7.19. The predicted octanol–water partition coefficient (Wildman–Crippen LogP) is 12.7. The summed E-state index contributed by atoms with van der Waals surface area (Å²) in [4.78, 5) is 2.11. The fourth-order valence-corrected chi connectivity index (χ4v) is 6.79. The van der Waals surface area contributed by atoms with Crippen LogP contribution in [0.3, 0.4) is 0 Å². The first kappa shape index (κ1) is 42.8. The number of phenols is 1. The summed E-state index contributed by atoms with van der Waals surface area (Å²) in [7, 11) is 0. The largest absolute Gasteiger partial charge is 0.508 e. The average molecular weight is 646 g/mol. The molecule has 0 aliphatic heterocycles. The third kappa shape index (κ3) is 26.8. The summed E-state index contributed by atoms with van der Waals surface area (Å²) < 4.78 is 0. The number of aromatic hydroxyl groups is 1. The standard InChI is InChI=1S/C42H79NO3/c1-3-5-7-9-11-13-15-17-19-21-23-25-27-29-31-41(45)37-43(39-33-35-40(44)36-34-39)38-42(46)32-30-28-26-24-22-20-18-16-14-12-10-8-6-4-2/h33-36,41-42,44-46H,3-32,37-38H2,1-2H3. The molecular weight excluding hydrogens is 566 g/mol. The van der Waals surface area contributed by atoms with Crippen molar-refractivity contribution in [1.82, 2.24) is 0 Å². The number of unbranched alkanes of at least 4 members (excludes halogenated alkanes) is 26. The van der Waals surface area contributed by atoms with Crippen molar-refractivity contribution in [2.45, 2.75) is 219 Å². The molecule has 1 rings (SSSR count). The lowest BCUT2D eigenvalue weighted by Crippen LogP contribution is -2.38. The van der Waals surface area contributed by atoms with Crippen LogP contribution >= 0.6 is 0 Å². The second kappa shape index (κ2) is 32.3. The van der Waals surface area contributed by atoms with Crippen molar-refractivity contribution in [2.24, 2.45) is 0 Å². The van der Waals surface area contributed by atoms with Crippen molar-refractivity contribution >= 4 is 5.69 Å². The minimum absolute atomic E-state index is 0.245. The number of anilines is 1. The molecule has 0 spiro atoms. The van der Waals surface area contributed by atoms with Crippen molar-refractivity contribution in [3.05, 3.63) is 24.3 Å². The zero-order valence-electron chi connectivity index (χ0n) is 30.9. The highest BCUT2D eigenvalue weighted by Crippen LogP contribution is 2.22. The van der Waals surface area contributed by atoms with E-state index in [9.17, 15) is 15.3 Å². The molecule has 0 amide bonds. The Morgan fingerprint density at radius 3 is 0.957 bits per heavy atom. The Bertz CT molecular complexity index is 699. The van der Waals surface area contributed by atoms with Crippen molar-refractivity contribution in [2.75, 3.05) is 18.0 Å². The smallest absolute Gasteiger partial charge is 0.115 e. The van der Waals surface area contributed by atoms with Gasteiger partial charge in [0.05, 0.1) is 12.2 Å². The molecule has 4 heteroatoms. The first-order valence-electron chi connectivity index (χ1n) is 20.5. The summed E-state index contributed by atoms with van der Waals surface area (Å²) in [6.07, 6.45) is 38.4. The van der Waals surface area contributed by atoms with E-state index in [1.165, 1.54) is 167 Å². The first-order valence-corrected chi connectivity index (χ1v) is 20.5. The number of rotatable bonds is 35. The molecule has 270 valence electrons. The molecule has 2 atom stereocenters. The van der Waals surface area contributed by atoms with Gasteiger partial charge >= 0.3 is 0 Å².